The van der Waals surface area contributed by atoms with Crippen LogP contribution < -0.4 is 15.5 Å². The van der Waals surface area contributed by atoms with Gasteiger partial charge in [0.05, 0.1) is 21.1 Å². The Morgan fingerprint density at radius 1 is 1.03 bits per heavy atom. The van der Waals surface area contributed by atoms with Gasteiger partial charge in [-0.1, -0.05) is 53.9 Å². The molecule has 0 atom stereocenters. The molecule has 0 saturated heterocycles. The first-order valence-electron chi connectivity index (χ1n) is 10.1. The summed E-state index contributed by atoms with van der Waals surface area (Å²) in [6.07, 6.45) is 0.757. The molecular weight excluding hydrogens is 485 g/mol. The van der Waals surface area contributed by atoms with Gasteiger partial charge < -0.3 is 14.5 Å². The predicted octanol–water partition coefficient (Wildman–Crippen LogP) is 7.00. The minimum atomic E-state index is -0.511. The van der Waals surface area contributed by atoms with E-state index in [1.54, 1.807) is 54.6 Å². The molecule has 0 aliphatic heterocycles. The molecule has 33 heavy (non-hydrogen) atoms. The van der Waals surface area contributed by atoms with Crippen molar-refractivity contribution in [2.45, 2.75) is 13.3 Å². The number of halogens is 3. The fraction of sp³-hybridized carbons (Fsp3) is 0.120. The highest BCUT2D eigenvalue weighted by atomic mass is 35.5. The number of amides is 1. The van der Waals surface area contributed by atoms with E-state index in [0.29, 0.717) is 32.3 Å². The summed E-state index contributed by atoms with van der Waals surface area (Å²) in [7, 11) is 0. The van der Waals surface area contributed by atoms with Crippen molar-refractivity contribution in [1.29, 1.82) is 0 Å². The molecule has 1 amide bonds. The summed E-state index contributed by atoms with van der Waals surface area (Å²) in [6, 6.07) is 17.1. The van der Waals surface area contributed by atoms with Crippen LogP contribution >= 0.6 is 34.8 Å². The molecule has 0 fully saturated rings. The smallest absolute Gasteiger partial charge is 0.262 e. The van der Waals surface area contributed by atoms with Crippen molar-refractivity contribution in [1.82, 2.24) is 0 Å². The van der Waals surface area contributed by atoms with Gasteiger partial charge in [0.15, 0.2) is 12.4 Å². The summed E-state index contributed by atoms with van der Waals surface area (Å²) in [5.74, 6) is -0.365. The van der Waals surface area contributed by atoms with Crippen LogP contribution in [-0.2, 0) is 11.2 Å². The Balaban J connectivity index is 1.71. The summed E-state index contributed by atoms with van der Waals surface area (Å²) >= 11 is 18.1. The maximum absolute atomic E-state index is 13.3. The van der Waals surface area contributed by atoms with Gasteiger partial charge in [0.25, 0.3) is 5.91 Å². The first-order valence-corrected chi connectivity index (χ1v) is 11.2. The molecule has 168 valence electrons. The highest BCUT2D eigenvalue weighted by molar-refractivity contribution is 6.44. The third kappa shape index (κ3) is 5.01. The normalized spacial score (nSPS) is 10.9. The lowest BCUT2D eigenvalue weighted by Crippen LogP contribution is -2.23. The Morgan fingerprint density at radius 2 is 1.79 bits per heavy atom. The van der Waals surface area contributed by atoms with Crippen LogP contribution in [0.3, 0.4) is 0 Å². The molecular formula is C25H18Cl3NO4. The zero-order chi connectivity index (χ0) is 23.5. The SMILES string of the molecule is CCc1ccc2oc(-c3ccc(Cl)cc3)c(OCC(=O)Nc3cccc(Cl)c3Cl)c(=O)c2c1. The fourth-order valence-electron chi connectivity index (χ4n) is 3.29. The first-order chi connectivity index (χ1) is 15.9. The van der Waals surface area contributed by atoms with E-state index in [-0.39, 0.29) is 22.0 Å². The van der Waals surface area contributed by atoms with Crippen molar-refractivity contribution in [3.63, 3.8) is 0 Å². The Kier molecular flexibility index (Phi) is 6.94. The molecule has 0 aliphatic rings. The topological polar surface area (TPSA) is 68.5 Å². The quantitative estimate of drug-likeness (QED) is 0.308. The van der Waals surface area contributed by atoms with E-state index >= 15 is 0 Å². The Labute approximate surface area is 204 Å². The highest BCUT2D eigenvalue weighted by Gasteiger charge is 2.19. The van der Waals surface area contributed by atoms with E-state index in [4.69, 9.17) is 44.0 Å². The van der Waals surface area contributed by atoms with E-state index in [1.165, 1.54) is 0 Å². The number of carbonyl (C=O) groups excluding carboxylic acids is 1. The van der Waals surface area contributed by atoms with Crippen LogP contribution in [0, 0.1) is 0 Å². The van der Waals surface area contributed by atoms with Gasteiger partial charge >= 0.3 is 0 Å². The number of hydrogen-bond donors (Lipinski definition) is 1. The Bertz CT molecular complexity index is 1400. The number of carbonyl (C=O) groups is 1. The second-order valence-electron chi connectivity index (χ2n) is 7.22. The summed E-state index contributed by atoms with van der Waals surface area (Å²) < 4.78 is 11.8. The van der Waals surface area contributed by atoms with Gasteiger partial charge in [-0.3, -0.25) is 9.59 Å². The van der Waals surface area contributed by atoms with E-state index in [2.05, 4.69) is 5.32 Å². The van der Waals surface area contributed by atoms with E-state index in [0.717, 1.165) is 12.0 Å². The van der Waals surface area contributed by atoms with Crippen molar-refractivity contribution >= 4 is 57.4 Å². The van der Waals surface area contributed by atoms with Gasteiger partial charge in [-0.15, -0.1) is 0 Å². The molecule has 1 heterocycles. The zero-order valence-electron chi connectivity index (χ0n) is 17.5. The maximum Gasteiger partial charge on any atom is 0.262 e. The molecule has 1 N–H and O–H groups in total. The van der Waals surface area contributed by atoms with Crippen molar-refractivity contribution in [3.05, 3.63) is 91.5 Å². The standard InChI is InChI=1S/C25H18Cl3NO4/c1-2-14-6-11-20-17(12-14)23(31)25(24(33-20)15-7-9-16(26)10-8-15)32-13-21(30)29-19-5-3-4-18(27)22(19)28/h3-12H,2,13H2,1H3,(H,29,30). The van der Waals surface area contributed by atoms with Gasteiger partial charge in [0.1, 0.15) is 5.58 Å². The lowest BCUT2D eigenvalue weighted by atomic mass is 10.1. The van der Waals surface area contributed by atoms with Crippen LogP contribution in [-0.4, -0.2) is 12.5 Å². The summed E-state index contributed by atoms with van der Waals surface area (Å²) in [5.41, 5.74) is 1.96. The maximum atomic E-state index is 13.3. The summed E-state index contributed by atoms with van der Waals surface area (Å²) in [6.45, 7) is 1.56. The number of fused-ring (bicyclic) bond motifs is 1. The number of nitrogens with one attached hydrogen (secondary N) is 1. The number of aryl methyl sites for hydroxylation is 1. The molecule has 0 aliphatic carbocycles. The lowest BCUT2D eigenvalue weighted by molar-refractivity contribution is -0.118. The second kappa shape index (κ2) is 9.87. The minimum absolute atomic E-state index is 0.0644. The molecule has 4 rings (SSSR count). The third-order valence-electron chi connectivity index (χ3n) is 5.00. The van der Waals surface area contributed by atoms with Crippen LogP contribution in [0.2, 0.25) is 15.1 Å². The predicted molar refractivity (Wildman–Crippen MR) is 133 cm³/mol. The number of anilines is 1. The van der Waals surface area contributed by atoms with Gasteiger partial charge in [-0.2, -0.15) is 0 Å². The first kappa shape index (κ1) is 23.2. The molecule has 1 aromatic heterocycles. The summed E-state index contributed by atoms with van der Waals surface area (Å²) in [5, 5.41) is 4.07. The van der Waals surface area contributed by atoms with Gasteiger partial charge in [0.2, 0.25) is 11.2 Å². The molecule has 3 aromatic carbocycles. The minimum Gasteiger partial charge on any atom is -0.476 e. The largest absolute Gasteiger partial charge is 0.476 e. The molecule has 8 heteroatoms. The van der Waals surface area contributed by atoms with Crippen LogP contribution in [0.25, 0.3) is 22.3 Å². The molecule has 0 bridgehead atoms. The van der Waals surface area contributed by atoms with Crippen molar-refractivity contribution in [2.75, 3.05) is 11.9 Å². The van der Waals surface area contributed by atoms with Gasteiger partial charge in [-0.05, 0) is 60.5 Å². The second-order valence-corrected chi connectivity index (χ2v) is 8.44. The highest BCUT2D eigenvalue weighted by Crippen LogP contribution is 2.32. The average Bonchev–Trinajstić information content (AvgIpc) is 2.81. The lowest BCUT2D eigenvalue weighted by Gasteiger charge is -2.13. The number of benzene rings is 3. The molecule has 4 aromatic rings. The Morgan fingerprint density at radius 3 is 2.52 bits per heavy atom. The van der Waals surface area contributed by atoms with Crippen LogP contribution in [0.4, 0.5) is 5.69 Å². The van der Waals surface area contributed by atoms with Crippen LogP contribution in [0.1, 0.15) is 12.5 Å². The van der Waals surface area contributed by atoms with E-state index < -0.39 is 12.5 Å². The monoisotopic (exact) mass is 501 g/mol. The van der Waals surface area contributed by atoms with E-state index in [1.807, 2.05) is 13.0 Å². The Hall–Kier alpha value is -2.99. The molecule has 0 unspecified atom stereocenters. The molecule has 0 saturated carbocycles. The molecule has 0 radical (unpaired) electrons. The van der Waals surface area contributed by atoms with Gasteiger partial charge in [-0.25, -0.2) is 0 Å². The molecule has 0 spiro atoms. The number of rotatable bonds is 6. The number of hydrogen-bond acceptors (Lipinski definition) is 4. The van der Waals surface area contributed by atoms with Crippen molar-refractivity contribution in [2.24, 2.45) is 0 Å². The average molecular weight is 503 g/mol. The third-order valence-corrected chi connectivity index (χ3v) is 6.07. The van der Waals surface area contributed by atoms with E-state index in [9.17, 15) is 9.59 Å². The van der Waals surface area contributed by atoms with Crippen molar-refractivity contribution < 1.29 is 13.9 Å². The summed E-state index contributed by atoms with van der Waals surface area (Å²) in [4.78, 5) is 25.9. The van der Waals surface area contributed by atoms with Crippen molar-refractivity contribution in [3.8, 4) is 17.1 Å². The fourth-order valence-corrected chi connectivity index (χ4v) is 3.77. The van der Waals surface area contributed by atoms with Gasteiger partial charge in [0, 0.05) is 10.6 Å². The van der Waals surface area contributed by atoms with Crippen LogP contribution in [0.15, 0.2) is 69.9 Å². The zero-order valence-corrected chi connectivity index (χ0v) is 19.7. The number of ether oxygens (including phenoxy) is 1. The van der Waals surface area contributed by atoms with Crippen LogP contribution in [0.5, 0.6) is 5.75 Å². The molecule has 5 nitrogen and oxygen atoms in total.